The van der Waals surface area contributed by atoms with E-state index in [-0.39, 0.29) is 23.6 Å². The van der Waals surface area contributed by atoms with Crippen molar-refractivity contribution in [2.75, 3.05) is 0 Å². The van der Waals surface area contributed by atoms with Gasteiger partial charge in [-0.1, -0.05) is 6.07 Å². The second kappa shape index (κ2) is 6.18. The van der Waals surface area contributed by atoms with E-state index in [0.29, 0.717) is 0 Å². The molecule has 0 atom stereocenters. The van der Waals surface area contributed by atoms with Gasteiger partial charge in [0.2, 0.25) is 11.8 Å². The Bertz CT molecular complexity index is 688. The van der Waals surface area contributed by atoms with Gasteiger partial charge in [-0.25, -0.2) is 4.09 Å². The highest BCUT2D eigenvalue weighted by molar-refractivity contribution is 7.78. The number of benzene rings is 1. The molecule has 1 heterocycles. The van der Waals surface area contributed by atoms with Crippen molar-refractivity contribution < 1.29 is 27.4 Å². The number of hydrogen-bond donors (Lipinski definition) is 2. The summed E-state index contributed by atoms with van der Waals surface area (Å²) in [6, 6.07) is 5.02. The van der Waals surface area contributed by atoms with E-state index in [1.807, 2.05) is 0 Å². The highest BCUT2D eigenvalue weighted by Crippen LogP contribution is 2.29. The van der Waals surface area contributed by atoms with Gasteiger partial charge >= 0.3 is 6.36 Å². The van der Waals surface area contributed by atoms with E-state index in [2.05, 4.69) is 22.7 Å². The number of carbonyl (C=O) groups is 1. The zero-order valence-corrected chi connectivity index (χ0v) is 11.8. The summed E-state index contributed by atoms with van der Waals surface area (Å²) in [5, 5.41) is 3.78. The average Bonchev–Trinajstić information content (AvgIpc) is 2.81. The summed E-state index contributed by atoms with van der Waals surface area (Å²) in [6.45, 7) is -0.380. The molecule has 0 fully saturated rings. The predicted octanol–water partition coefficient (Wildman–Crippen LogP) is 2.15. The number of nitrogens with two attached hydrogens (primary N) is 1. The second-order valence-electron chi connectivity index (χ2n) is 4.06. The van der Waals surface area contributed by atoms with Crippen LogP contribution in [0.1, 0.15) is 15.9 Å². The minimum Gasteiger partial charge on any atom is -0.472 e. The molecule has 0 unspecified atom stereocenters. The lowest BCUT2D eigenvalue weighted by molar-refractivity contribution is -0.275. The lowest BCUT2D eigenvalue weighted by Crippen LogP contribution is -2.21. The minimum absolute atomic E-state index is 0.118. The third-order valence-electron chi connectivity index (χ3n) is 2.54. The second-order valence-corrected chi connectivity index (χ2v) is 4.47. The molecule has 6 nitrogen and oxygen atoms in total. The number of carbonyl (C=O) groups excluding carboxylic acids is 1. The highest BCUT2D eigenvalue weighted by atomic mass is 32.1. The van der Waals surface area contributed by atoms with Crippen molar-refractivity contribution in [1.82, 2.24) is 9.19 Å². The molecule has 0 aliphatic rings. The van der Waals surface area contributed by atoms with Crippen LogP contribution in [0.15, 0.2) is 30.5 Å². The Hall–Kier alpha value is -2.36. The molecule has 2 aromatic rings. The Balaban J connectivity index is 2.30. The maximum atomic E-state index is 12.4. The van der Waals surface area contributed by atoms with E-state index in [9.17, 15) is 18.0 Å². The van der Waals surface area contributed by atoms with E-state index in [4.69, 9.17) is 10.5 Å². The minimum atomic E-state index is -4.91. The molecule has 0 radical (unpaired) electrons. The summed E-state index contributed by atoms with van der Waals surface area (Å²) in [4.78, 5) is 11.4. The number of primary amides is 1. The number of hydrogen-bond acceptors (Lipinski definition) is 5. The normalized spacial score (nSPS) is 11.3. The molecule has 2 N–H and O–H groups in total. The van der Waals surface area contributed by atoms with Gasteiger partial charge < -0.3 is 15.2 Å². The number of amides is 1. The molecular weight excluding hydrogens is 323 g/mol. The molecule has 1 aromatic heterocycles. The monoisotopic (exact) mass is 333 g/mol. The highest BCUT2D eigenvalue weighted by Gasteiger charge is 2.33. The standard InChI is InChI=1S/C12H10F3N3O3S/c13-12(14,15)21-9-3-1-2-7(11(16)19)8(9)6-20-10-4-5-18(22)17-10/h1-5,22H,6H2,(H2,16,19). The molecule has 22 heavy (non-hydrogen) atoms. The van der Waals surface area contributed by atoms with Crippen LogP contribution >= 0.6 is 12.8 Å². The number of alkyl halides is 3. The van der Waals surface area contributed by atoms with Crippen LogP contribution in [0.2, 0.25) is 0 Å². The van der Waals surface area contributed by atoms with Crippen LogP contribution in [-0.4, -0.2) is 21.5 Å². The Morgan fingerprint density at radius 2 is 2.09 bits per heavy atom. The molecule has 1 amide bonds. The van der Waals surface area contributed by atoms with Crippen LogP contribution in [0.4, 0.5) is 13.2 Å². The quantitative estimate of drug-likeness (QED) is 0.822. The van der Waals surface area contributed by atoms with E-state index in [1.54, 1.807) is 0 Å². The van der Waals surface area contributed by atoms with Crippen LogP contribution in [0.3, 0.4) is 0 Å². The Morgan fingerprint density at radius 3 is 2.64 bits per heavy atom. The van der Waals surface area contributed by atoms with E-state index in [0.717, 1.165) is 10.2 Å². The fraction of sp³-hybridized carbons (Fsp3) is 0.167. The fourth-order valence-electron chi connectivity index (χ4n) is 1.69. The molecule has 0 saturated carbocycles. The topological polar surface area (TPSA) is 79.4 Å². The SMILES string of the molecule is NC(=O)c1cccc(OC(F)(F)F)c1COc1ccn(S)n1. The number of ether oxygens (including phenoxy) is 2. The molecule has 0 saturated heterocycles. The van der Waals surface area contributed by atoms with Crippen LogP contribution < -0.4 is 15.2 Å². The summed E-state index contributed by atoms with van der Waals surface area (Å²) < 4.78 is 47.5. The van der Waals surface area contributed by atoms with Crippen LogP contribution in [0, 0.1) is 0 Å². The van der Waals surface area contributed by atoms with Crippen molar-refractivity contribution in [2.24, 2.45) is 5.73 Å². The molecule has 0 aliphatic carbocycles. The number of thiol groups is 1. The van der Waals surface area contributed by atoms with Crippen molar-refractivity contribution in [3.63, 3.8) is 0 Å². The molecule has 118 valence electrons. The van der Waals surface area contributed by atoms with Gasteiger partial charge in [-0.3, -0.25) is 4.79 Å². The van der Waals surface area contributed by atoms with Gasteiger partial charge in [0, 0.05) is 23.4 Å². The number of rotatable bonds is 5. The van der Waals surface area contributed by atoms with E-state index in [1.165, 1.54) is 24.4 Å². The summed E-state index contributed by atoms with van der Waals surface area (Å²) in [5.41, 5.74) is 4.90. The first kappa shape index (κ1) is 16.0. The van der Waals surface area contributed by atoms with Crippen LogP contribution in [-0.2, 0) is 6.61 Å². The van der Waals surface area contributed by atoms with Gasteiger partial charge in [0.05, 0.1) is 0 Å². The summed E-state index contributed by atoms with van der Waals surface area (Å²) >= 11 is 3.89. The molecule has 0 aliphatic heterocycles. The van der Waals surface area contributed by atoms with Crippen LogP contribution in [0.5, 0.6) is 11.6 Å². The number of halogens is 3. The molecule has 0 spiro atoms. The molecule has 0 bridgehead atoms. The predicted molar refractivity (Wildman–Crippen MR) is 72.6 cm³/mol. The lowest BCUT2D eigenvalue weighted by atomic mass is 10.1. The zero-order chi connectivity index (χ0) is 16.3. The third-order valence-corrected chi connectivity index (χ3v) is 2.76. The van der Waals surface area contributed by atoms with Crippen molar-refractivity contribution in [3.8, 4) is 11.6 Å². The number of aromatic nitrogens is 2. The molecule has 10 heteroatoms. The fourth-order valence-corrected chi connectivity index (χ4v) is 1.84. The smallest absolute Gasteiger partial charge is 0.472 e. The Labute approximate surface area is 128 Å². The van der Waals surface area contributed by atoms with Crippen LogP contribution in [0.25, 0.3) is 0 Å². The third kappa shape index (κ3) is 4.07. The maximum Gasteiger partial charge on any atom is 0.573 e. The Morgan fingerprint density at radius 1 is 1.36 bits per heavy atom. The van der Waals surface area contributed by atoms with Gasteiger partial charge in [-0.15, -0.1) is 18.3 Å². The van der Waals surface area contributed by atoms with Gasteiger partial charge in [0.25, 0.3) is 0 Å². The first-order valence-corrected chi connectivity index (χ1v) is 6.21. The zero-order valence-electron chi connectivity index (χ0n) is 10.9. The van der Waals surface area contributed by atoms with Crippen molar-refractivity contribution in [3.05, 3.63) is 41.6 Å². The number of nitrogens with zero attached hydrogens (tertiary/aromatic N) is 2. The van der Waals surface area contributed by atoms with Crippen molar-refractivity contribution in [2.45, 2.75) is 13.0 Å². The van der Waals surface area contributed by atoms with E-state index >= 15 is 0 Å². The molecule has 1 aromatic carbocycles. The van der Waals surface area contributed by atoms with Gasteiger partial charge in [0.15, 0.2) is 0 Å². The first-order valence-electron chi connectivity index (χ1n) is 5.81. The summed E-state index contributed by atoms with van der Waals surface area (Å²) in [7, 11) is 0. The molecule has 2 rings (SSSR count). The van der Waals surface area contributed by atoms with Gasteiger partial charge in [-0.2, -0.15) is 0 Å². The van der Waals surface area contributed by atoms with Crippen molar-refractivity contribution >= 4 is 18.7 Å². The average molecular weight is 333 g/mol. The molecular formula is C12H10F3N3O3S. The largest absolute Gasteiger partial charge is 0.573 e. The Kier molecular flexibility index (Phi) is 4.50. The maximum absolute atomic E-state index is 12.4. The summed E-state index contributed by atoms with van der Waals surface area (Å²) in [5.74, 6) is -1.34. The van der Waals surface area contributed by atoms with E-state index < -0.39 is 18.0 Å². The van der Waals surface area contributed by atoms with Gasteiger partial charge in [-0.05, 0) is 24.9 Å². The lowest BCUT2D eigenvalue weighted by Gasteiger charge is -2.15. The summed E-state index contributed by atoms with van der Waals surface area (Å²) in [6.07, 6.45) is -3.44. The van der Waals surface area contributed by atoms with Gasteiger partial charge in [0.1, 0.15) is 12.4 Å². The van der Waals surface area contributed by atoms with Crippen molar-refractivity contribution in [1.29, 1.82) is 0 Å². The first-order chi connectivity index (χ1) is 10.3.